The molecule has 5 nitrogen and oxygen atoms in total. The number of hydrogen-bond acceptors (Lipinski definition) is 3. The molecule has 0 saturated heterocycles. The van der Waals surface area contributed by atoms with Gasteiger partial charge in [0.1, 0.15) is 12.3 Å². The van der Waals surface area contributed by atoms with Crippen LogP contribution in [0.4, 0.5) is 4.79 Å². The number of nitrogens with zero attached hydrogens (tertiary/aromatic N) is 1. The van der Waals surface area contributed by atoms with Gasteiger partial charge in [0.2, 0.25) is 0 Å². The Morgan fingerprint density at radius 2 is 2.12 bits per heavy atom. The molecule has 0 unspecified atom stereocenters. The first-order chi connectivity index (χ1) is 11.7. The minimum Gasteiger partial charge on any atom is -0.445 e. The number of aromatic nitrogens is 2. The molecule has 24 heavy (non-hydrogen) atoms. The largest absolute Gasteiger partial charge is 0.445 e. The van der Waals surface area contributed by atoms with Gasteiger partial charge in [-0.05, 0) is 11.6 Å². The van der Waals surface area contributed by atoms with Crippen LogP contribution in [-0.2, 0) is 11.3 Å². The monoisotopic (exact) mass is 339 g/mol. The summed E-state index contributed by atoms with van der Waals surface area (Å²) in [4.78, 5) is 18.8. The second-order valence-electron chi connectivity index (χ2n) is 4.94. The average molecular weight is 340 g/mol. The van der Waals surface area contributed by atoms with E-state index in [9.17, 15) is 4.79 Å². The van der Waals surface area contributed by atoms with Gasteiger partial charge in [-0.2, -0.15) is 0 Å². The van der Waals surface area contributed by atoms with Crippen LogP contribution in [0.5, 0.6) is 0 Å². The fourth-order valence-electron chi connectivity index (χ4n) is 2.15. The molecule has 2 heterocycles. The number of H-pyrrole nitrogens is 1. The number of nitrogens with one attached hydrogen (secondary N) is 2. The van der Waals surface area contributed by atoms with Crippen molar-refractivity contribution < 1.29 is 9.53 Å². The van der Waals surface area contributed by atoms with Crippen LogP contribution in [0.15, 0.2) is 48.8 Å². The number of amides is 1. The molecule has 2 N–H and O–H groups in total. The predicted octanol–water partition coefficient (Wildman–Crippen LogP) is 3.49. The number of carbonyl (C=O) groups excluding carboxylic acids is 1. The smallest absolute Gasteiger partial charge is 0.408 e. The zero-order chi connectivity index (χ0) is 16.8. The van der Waals surface area contributed by atoms with Gasteiger partial charge in [-0.3, -0.25) is 0 Å². The molecule has 0 radical (unpaired) electrons. The number of fused-ring (bicyclic) bond motifs is 1. The minimum atomic E-state index is -0.508. The molecule has 3 rings (SSSR count). The molecule has 2 aromatic heterocycles. The summed E-state index contributed by atoms with van der Waals surface area (Å²) in [6.07, 6.45) is 2.86. The molecule has 6 heteroatoms. The van der Waals surface area contributed by atoms with Crippen molar-refractivity contribution in [3.8, 4) is 11.8 Å². The van der Waals surface area contributed by atoms with Crippen molar-refractivity contribution in [2.24, 2.45) is 0 Å². The van der Waals surface area contributed by atoms with Gasteiger partial charge in [-0.15, -0.1) is 0 Å². The molecule has 0 aliphatic heterocycles. The van der Waals surface area contributed by atoms with Crippen LogP contribution in [0.2, 0.25) is 5.02 Å². The molecule has 0 atom stereocenters. The fourth-order valence-corrected chi connectivity index (χ4v) is 2.39. The number of alkyl carbamates (subject to hydrolysis) is 1. The summed E-state index contributed by atoms with van der Waals surface area (Å²) in [5.74, 6) is 5.83. The van der Waals surface area contributed by atoms with E-state index in [1.54, 1.807) is 18.5 Å². The first-order valence-corrected chi connectivity index (χ1v) is 7.67. The molecule has 0 aliphatic rings. The predicted molar refractivity (Wildman–Crippen MR) is 92.6 cm³/mol. The van der Waals surface area contributed by atoms with E-state index in [2.05, 4.69) is 27.1 Å². The molecule has 0 fully saturated rings. The SMILES string of the molecule is O=C(NCC#Cc1c[nH]c2nccc(Cl)c12)OCc1ccccc1. The zero-order valence-electron chi connectivity index (χ0n) is 12.7. The summed E-state index contributed by atoms with van der Waals surface area (Å²) >= 11 is 6.15. The third-order valence-electron chi connectivity index (χ3n) is 3.28. The number of rotatable bonds is 3. The minimum absolute atomic E-state index is 0.179. The Morgan fingerprint density at radius 3 is 2.96 bits per heavy atom. The van der Waals surface area contributed by atoms with Gasteiger partial charge < -0.3 is 15.0 Å². The summed E-state index contributed by atoms with van der Waals surface area (Å²) in [6, 6.07) is 11.2. The number of carbonyl (C=O) groups is 1. The Labute approximate surface area is 144 Å². The van der Waals surface area contributed by atoms with Crippen molar-refractivity contribution in [3.63, 3.8) is 0 Å². The maximum absolute atomic E-state index is 11.6. The number of halogens is 1. The molecule has 0 saturated carbocycles. The number of hydrogen-bond donors (Lipinski definition) is 2. The Kier molecular flexibility index (Phi) is 4.99. The van der Waals surface area contributed by atoms with Gasteiger partial charge in [0.15, 0.2) is 0 Å². The molecule has 1 aromatic carbocycles. The lowest BCUT2D eigenvalue weighted by molar-refractivity contribution is 0.141. The van der Waals surface area contributed by atoms with Gasteiger partial charge in [0.05, 0.1) is 22.5 Å². The first-order valence-electron chi connectivity index (χ1n) is 7.29. The molecule has 1 amide bonds. The summed E-state index contributed by atoms with van der Waals surface area (Å²) in [5, 5.41) is 3.94. The van der Waals surface area contributed by atoms with Gasteiger partial charge >= 0.3 is 6.09 Å². The standard InChI is InChI=1S/C18H14ClN3O2/c19-15-8-10-20-17-16(15)14(11-22-17)7-4-9-21-18(23)24-12-13-5-2-1-3-6-13/h1-3,5-6,8,10-11H,9,12H2,(H,20,22)(H,21,23). The first kappa shape index (κ1) is 15.9. The maximum Gasteiger partial charge on any atom is 0.408 e. The summed E-state index contributed by atoms with van der Waals surface area (Å²) in [7, 11) is 0. The van der Waals surface area contributed by atoms with Crippen LogP contribution in [0.25, 0.3) is 11.0 Å². The van der Waals surface area contributed by atoms with Crippen molar-refractivity contribution in [1.82, 2.24) is 15.3 Å². The van der Waals surface area contributed by atoms with Crippen LogP contribution < -0.4 is 5.32 Å². The third-order valence-corrected chi connectivity index (χ3v) is 3.59. The number of ether oxygens (including phenoxy) is 1. The molecule has 120 valence electrons. The van der Waals surface area contributed by atoms with E-state index in [0.29, 0.717) is 10.7 Å². The van der Waals surface area contributed by atoms with Crippen LogP contribution in [-0.4, -0.2) is 22.6 Å². The van der Waals surface area contributed by atoms with Gasteiger partial charge in [0.25, 0.3) is 0 Å². The molecule has 3 aromatic rings. The van der Waals surface area contributed by atoms with Crippen molar-refractivity contribution >= 4 is 28.7 Å². The number of benzene rings is 1. The van der Waals surface area contributed by atoms with E-state index in [4.69, 9.17) is 16.3 Å². The van der Waals surface area contributed by atoms with Crippen LogP contribution >= 0.6 is 11.6 Å². The highest BCUT2D eigenvalue weighted by molar-refractivity contribution is 6.35. The van der Waals surface area contributed by atoms with E-state index in [-0.39, 0.29) is 13.2 Å². The van der Waals surface area contributed by atoms with Crippen LogP contribution in [0.1, 0.15) is 11.1 Å². The second-order valence-corrected chi connectivity index (χ2v) is 5.34. The molecular weight excluding hydrogens is 326 g/mol. The van der Waals surface area contributed by atoms with Gasteiger partial charge in [-0.1, -0.05) is 53.8 Å². The highest BCUT2D eigenvalue weighted by Crippen LogP contribution is 2.23. The van der Waals surface area contributed by atoms with E-state index >= 15 is 0 Å². The van der Waals surface area contributed by atoms with Crippen LogP contribution in [0.3, 0.4) is 0 Å². The summed E-state index contributed by atoms with van der Waals surface area (Å²) in [5.41, 5.74) is 2.35. The average Bonchev–Trinajstić information content (AvgIpc) is 3.02. The lowest BCUT2D eigenvalue weighted by Crippen LogP contribution is -2.24. The Bertz CT molecular complexity index is 910. The number of aromatic amines is 1. The molecule has 0 aliphatic carbocycles. The quantitative estimate of drug-likeness (QED) is 0.718. The fraction of sp³-hybridized carbons (Fsp3) is 0.111. The third kappa shape index (κ3) is 3.86. The highest BCUT2D eigenvalue weighted by Gasteiger charge is 2.06. The van der Waals surface area contributed by atoms with Crippen LogP contribution in [0, 0.1) is 11.8 Å². The molecule has 0 spiro atoms. The van der Waals surface area contributed by atoms with Crippen molar-refractivity contribution in [1.29, 1.82) is 0 Å². The number of pyridine rings is 1. The van der Waals surface area contributed by atoms with E-state index in [0.717, 1.165) is 16.5 Å². The Balaban J connectivity index is 1.53. The van der Waals surface area contributed by atoms with Crippen molar-refractivity contribution in [2.45, 2.75) is 6.61 Å². The Hall–Kier alpha value is -2.97. The van der Waals surface area contributed by atoms with Crippen molar-refractivity contribution in [3.05, 3.63) is 64.9 Å². The van der Waals surface area contributed by atoms with Crippen molar-refractivity contribution in [2.75, 3.05) is 6.54 Å². The van der Waals surface area contributed by atoms with E-state index < -0.39 is 6.09 Å². The maximum atomic E-state index is 11.6. The van der Waals surface area contributed by atoms with E-state index in [1.807, 2.05) is 30.3 Å². The summed E-state index contributed by atoms with van der Waals surface area (Å²) in [6.45, 7) is 0.405. The lowest BCUT2D eigenvalue weighted by Gasteiger charge is -2.04. The van der Waals surface area contributed by atoms with E-state index in [1.165, 1.54) is 0 Å². The highest BCUT2D eigenvalue weighted by atomic mass is 35.5. The topological polar surface area (TPSA) is 67.0 Å². The zero-order valence-corrected chi connectivity index (χ0v) is 13.4. The normalized spacial score (nSPS) is 10.0. The molecular formula is C18H14ClN3O2. The van der Waals surface area contributed by atoms with Gasteiger partial charge in [-0.25, -0.2) is 9.78 Å². The lowest BCUT2D eigenvalue weighted by atomic mass is 10.2. The summed E-state index contributed by atoms with van der Waals surface area (Å²) < 4.78 is 5.10. The molecule has 0 bridgehead atoms. The van der Waals surface area contributed by atoms with Gasteiger partial charge in [0, 0.05) is 12.4 Å². The second kappa shape index (κ2) is 7.53. The Morgan fingerprint density at radius 1 is 1.29 bits per heavy atom.